The van der Waals surface area contributed by atoms with E-state index in [0.29, 0.717) is 29.3 Å². The van der Waals surface area contributed by atoms with Crippen molar-refractivity contribution in [2.45, 2.75) is 31.7 Å². The van der Waals surface area contributed by atoms with Crippen molar-refractivity contribution in [1.29, 1.82) is 0 Å². The number of amides is 1. The van der Waals surface area contributed by atoms with E-state index in [1.807, 2.05) is 12.1 Å². The summed E-state index contributed by atoms with van der Waals surface area (Å²) in [7, 11) is 1.34. The number of hydrogen-bond donors (Lipinski definition) is 2. The second kappa shape index (κ2) is 8.94. The van der Waals surface area contributed by atoms with Crippen LogP contribution in [0.15, 0.2) is 30.5 Å². The Morgan fingerprint density at radius 2 is 2.06 bits per heavy atom. The third-order valence-electron chi connectivity index (χ3n) is 5.24. The van der Waals surface area contributed by atoms with Crippen LogP contribution in [0.2, 0.25) is 0 Å². The van der Waals surface area contributed by atoms with Gasteiger partial charge >= 0.3 is 5.97 Å². The van der Waals surface area contributed by atoms with Gasteiger partial charge in [-0.1, -0.05) is 5.21 Å². The summed E-state index contributed by atoms with van der Waals surface area (Å²) in [6.45, 7) is 0.234. The molecule has 2 aromatic heterocycles. The summed E-state index contributed by atoms with van der Waals surface area (Å²) >= 11 is 0. The van der Waals surface area contributed by atoms with Crippen LogP contribution in [0, 0.1) is 5.92 Å². The molecule has 0 spiro atoms. The van der Waals surface area contributed by atoms with Crippen molar-refractivity contribution in [2.75, 3.05) is 19.0 Å². The first-order valence-corrected chi connectivity index (χ1v) is 9.98. The molecule has 31 heavy (non-hydrogen) atoms. The third kappa shape index (κ3) is 4.71. The molecule has 1 aromatic carbocycles. The Morgan fingerprint density at radius 1 is 1.26 bits per heavy atom. The van der Waals surface area contributed by atoms with E-state index in [1.54, 1.807) is 23.0 Å². The van der Waals surface area contributed by atoms with Gasteiger partial charge in [-0.05, 0) is 43.5 Å². The molecular weight excluding hydrogens is 402 g/mol. The van der Waals surface area contributed by atoms with Gasteiger partial charge in [0, 0.05) is 12.0 Å². The molecule has 1 fully saturated rings. The van der Waals surface area contributed by atoms with Crippen LogP contribution in [0.25, 0.3) is 16.9 Å². The molecule has 4 rings (SSSR count). The first kappa shape index (κ1) is 20.5. The van der Waals surface area contributed by atoms with Crippen molar-refractivity contribution in [3.63, 3.8) is 0 Å². The number of fused-ring (bicyclic) bond motifs is 1. The normalized spacial score (nSPS) is 18.1. The number of rotatable bonds is 8. The minimum Gasteiger partial charge on any atom is -0.493 e. The number of carbonyl (C=O) groups excluding carboxylic acids is 2. The van der Waals surface area contributed by atoms with Crippen molar-refractivity contribution in [1.82, 2.24) is 25.0 Å². The maximum absolute atomic E-state index is 11.4. The topological polar surface area (TPSA) is 147 Å². The predicted octanol–water partition coefficient (Wildman–Crippen LogP) is 1.22. The molecule has 162 valence electrons. The highest BCUT2D eigenvalue weighted by atomic mass is 16.5. The Hall–Kier alpha value is -3.76. The molecule has 2 atom stereocenters. The lowest BCUT2D eigenvalue weighted by molar-refractivity contribution is -0.141. The maximum atomic E-state index is 11.4. The van der Waals surface area contributed by atoms with Crippen molar-refractivity contribution in [3.8, 4) is 11.4 Å². The summed E-state index contributed by atoms with van der Waals surface area (Å²) in [5.41, 5.74) is 7.28. The highest BCUT2D eigenvalue weighted by Gasteiger charge is 2.28. The lowest BCUT2D eigenvalue weighted by atomic mass is 10.1. The molecule has 11 nitrogen and oxygen atoms in total. The SMILES string of the molecule is COC(=O)CCOc1ccc(-n2nnc3cnc(N[C@@H]4CC[C@@H](C(N)=O)C4)nc32)cc1. The number of methoxy groups -OCH3 is 1. The highest BCUT2D eigenvalue weighted by molar-refractivity contribution is 5.77. The number of nitrogens with two attached hydrogens (primary N) is 1. The average molecular weight is 425 g/mol. The standard InChI is InChI=1S/C20H23N7O4/c1-30-17(28)8-9-31-15-6-4-14(5-7-15)27-19-16(25-26-27)11-22-20(24-19)23-13-3-2-12(10-13)18(21)29/h4-7,11-13H,2-3,8-10H2,1H3,(H2,21,29)(H,22,23,24)/t12-,13-/m1/s1. The number of nitrogens with one attached hydrogen (secondary N) is 1. The Bertz CT molecular complexity index is 1080. The summed E-state index contributed by atoms with van der Waals surface area (Å²) in [6.07, 6.45) is 4.07. The fourth-order valence-corrected chi connectivity index (χ4v) is 3.56. The fraction of sp³-hybridized carbons (Fsp3) is 0.400. The van der Waals surface area contributed by atoms with Crippen LogP contribution in [-0.4, -0.2) is 56.6 Å². The van der Waals surface area contributed by atoms with E-state index < -0.39 is 0 Å². The van der Waals surface area contributed by atoms with E-state index in [1.165, 1.54) is 7.11 Å². The van der Waals surface area contributed by atoms with Gasteiger partial charge in [0.1, 0.15) is 5.75 Å². The minimum absolute atomic E-state index is 0.0979. The zero-order valence-corrected chi connectivity index (χ0v) is 17.0. The lowest BCUT2D eigenvalue weighted by Crippen LogP contribution is -2.23. The number of hydrogen-bond acceptors (Lipinski definition) is 9. The number of ether oxygens (including phenoxy) is 2. The number of aromatic nitrogens is 5. The fourth-order valence-electron chi connectivity index (χ4n) is 3.56. The van der Waals surface area contributed by atoms with Crippen molar-refractivity contribution >= 4 is 29.0 Å². The number of carbonyl (C=O) groups is 2. The van der Waals surface area contributed by atoms with E-state index in [-0.39, 0.29) is 36.9 Å². The molecular formula is C20H23N7O4. The summed E-state index contributed by atoms with van der Waals surface area (Å²) in [6, 6.07) is 7.31. The molecule has 0 unspecified atom stereocenters. The number of esters is 1. The highest BCUT2D eigenvalue weighted by Crippen LogP contribution is 2.27. The number of nitrogens with zero attached hydrogens (tertiary/aromatic N) is 5. The molecule has 1 amide bonds. The molecule has 3 N–H and O–H groups in total. The molecule has 3 aromatic rings. The Kier molecular flexibility index (Phi) is 5.92. The van der Waals surface area contributed by atoms with Gasteiger partial charge in [-0.15, -0.1) is 5.10 Å². The van der Waals surface area contributed by atoms with Gasteiger partial charge < -0.3 is 20.5 Å². The zero-order chi connectivity index (χ0) is 21.8. The second-order valence-corrected chi connectivity index (χ2v) is 7.33. The molecule has 11 heteroatoms. The van der Waals surface area contributed by atoms with Crippen molar-refractivity contribution in [2.24, 2.45) is 11.7 Å². The quantitative estimate of drug-likeness (QED) is 0.508. The third-order valence-corrected chi connectivity index (χ3v) is 5.24. The number of benzene rings is 1. The number of anilines is 1. The molecule has 0 radical (unpaired) electrons. The first-order valence-electron chi connectivity index (χ1n) is 9.98. The minimum atomic E-state index is -0.322. The smallest absolute Gasteiger partial charge is 0.308 e. The van der Waals surface area contributed by atoms with Gasteiger partial charge in [0.05, 0.1) is 32.0 Å². The summed E-state index contributed by atoms with van der Waals surface area (Å²) in [4.78, 5) is 31.4. The van der Waals surface area contributed by atoms with Gasteiger partial charge in [0.25, 0.3) is 0 Å². The average Bonchev–Trinajstić information content (AvgIpc) is 3.41. The summed E-state index contributed by atoms with van der Waals surface area (Å²) in [5, 5.41) is 11.6. The molecule has 1 aliphatic carbocycles. The van der Waals surface area contributed by atoms with Gasteiger partial charge in [0.15, 0.2) is 11.2 Å². The molecule has 1 aliphatic rings. The Balaban J connectivity index is 1.46. The largest absolute Gasteiger partial charge is 0.493 e. The van der Waals surface area contributed by atoms with E-state index in [9.17, 15) is 9.59 Å². The molecule has 0 aliphatic heterocycles. The van der Waals surface area contributed by atoms with E-state index >= 15 is 0 Å². The first-order chi connectivity index (χ1) is 15.0. The zero-order valence-electron chi connectivity index (χ0n) is 17.0. The second-order valence-electron chi connectivity index (χ2n) is 7.33. The molecule has 1 saturated carbocycles. The molecule has 2 heterocycles. The van der Waals surface area contributed by atoms with Crippen LogP contribution in [0.1, 0.15) is 25.7 Å². The van der Waals surface area contributed by atoms with E-state index in [4.69, 9.17) is 10.5 Å². The molecule has 0 bridgehead atoms. The van der Waals surface area contributed by atoms with Crippen molar-refractivity contribution < 1.29 is 19.1 Å². The van der Waals surface area contributed by atoms with Crippen molar-refractivity contribution in [3.05, 3.63) is 30.5 Å². The molecule has 0 saturated heterocycles. The van der Waals surface area contributed by atoms with Gasteiger partial charge in [-0.3, -0.25) is 9.59 Å². The van der Waals surface area contributed by atoms with Crippen LogP contribution >= 0.6 is 0 Å². The van der Waals surface area contributed by atoms with E-state index in [0.717, 1.165) is 18.5 Å². The van der Waals surface area contributed by atoms with Crippen LogP contribution in [-0.2, 0) is 14.3 Å². The van der Waals surface area contributed by atoms with Gasteiger partial charge in [-0.2, -0.15) is 9.67 Å². The maximum Gasteiger partial charge on any atom is 0.308 e. The number of primary amides is 1. The Labute approximate surface area is 177 Å². The summed E-state index contributed by atoms with van der Waals surface area (Å²) < 4.78 is 11.7. The van der Waals surface area contributed by atoms with Crippen LogP contribution in [0.5, 0.6) is 5.75 Å². The summed E-state index contributed by atoms with van der Waals surface area (Å²) in [5.74, 6) is 0.383. The predicted molar refractivity (Wildman–Crippen MR) is 111 cm³/mol. The Morgan fingerprint density at radius 3 is 2.77 bits per heavy atom. The van der Waals surface area contributed by atoms with Crippen LogP contribution < -0.4 is 15.8 Å². The van der Waals surface area contributed by atoms with Crippen LogP contribution in [0.3, 0.4) is 0 Å². The monoisotopic (exact) mass is 425 g/mol. The van der Waals surface area contributed by atoms with Crippen LogP contribution in [0.4, 0.5) is 5.95 Å². The lowest BCUT2D eigenvalue weighted by Gasteiger charge is -2.12. The van der Waals surface area contributed by atoms with Gasteiger partial charge in [-0.25, -0.2) is 4.98 Å². The van der Waals surface area contributed by atoms with Gasteiger partial charge in [0.2, 0.25) is 11.9 Å². The van der Waals surface area contributed by atoms with E-state index in [2.05, 4.69) is 30.3 Å².